The maximum absolute atomic E-state index is 12.9. The first-order valence-corrected chi connectivity index (χ1v) is 10.7. The Morgan fingerprint density at radius 2 is 2.03 bits per heavy atom. The van der Waals surface area contributed by atoms with Gasteiger partial charge in [-0.25, -0.2) is 14.6 Å². The molecule has 4 rings (SSSR count). The summed E-state index contributed by atoms with van der Waals surface area (Å²) in [6.45, 7) is 3.63. The molecule has 0 spiro atoms. The van der Waals surface area contributed by atoms with Gasteiger partial charge in [-0.15, -0.1) is 16.4 Å². The van der Waals surface area contributed by atoms with E-state index in [4.69, 9.17) is 21.1 Å². The number of hydrazone groups is 1. The molecule has 1 atom stereocenters. The van der Waals surface area contributed by atoms with Crippen LogP contribution in [-0.2, 0) is 19.1 Å². The Hall–Kier alpha value is -3.17. The number of hydrogen-bond acceptors (Lipinski definition) is 9. The fourth-order valence-electron chi connectivity index (χ4n) is 3.46. The van der Waals surface area contributed by atoms with Gasteiger partial charge in [0.05, 0.1) is 30.7 Å². The van der Waals surface area contributed by atoms with Crippen molar-refractivity contribution in [2.45, 2.75) is 19.9 Å². The predicted octanol–water partition coefficient (Wildman–Crippen LogP) is 3.96. The molecular weight excluding hydrogens is 440 g/mol. The highest BCUT2D eigenvalue weighted by Crippen LogP contribution is 2.41. The van der Waals surface area contributed by atoms with Gasteiger partial charge in [0.2, 0.25) is 11.8 Å². The molecular formula is C21H19ClN4O4S. The highest BCUT2D eigenvalue weighted by Gasteiger charge is 2.47. The largest absolute Gasteiger partial charge is 0.466 e. The van der Waals surface area contributed by atoms with Crippen molar-refractivity contribution in [3.63, 3.8) is 0 Å². The first kappa shape index (κ1) is 21.1. The second kappa shape index (κ2) is 8.52. The average molecular weight is 459 g/mol. The summed E-state index contributed by atoms with van der Waals surface area (Å²) < 4.78 is 10.3. The van der Waals surface area contributed by atoms with Gasteiger partial charge in [-0.1, -0.05) is 23.7 Å². The summed E-state index contributed by atoms with van der Waals surface area (Å²) in [5.41, 5.74) is 1.43. The molecule has 0 saturated carbocycles. The predicted molar refractivity (Wildman–Crippen MR) is 119 cm³/mol. The van der Waals surface area contributed by atoms with Crippen molar-refractivity contribution in [1.29, 1.82) is 0 Å². The summed E-state index contributed by atoms with van der Waals surface area (Å²) in [5, 5.41) is 8.45. The van der Waals surface area contributed by atoms with Crippen LogP contribution in [0.3, 0.4) is 0 Å². The minimum absolute atomic E-state index is 0.0212. The topological polar surface area (TPSA) is 83.8 Å². The van der Waals surface area contributed by atoms with Crippen molar-refractivity contribution in [2.24, 2.45) is 10.1 Å². The van der Waals surface area contributed by atoms with E-state index < -0.39 is 18.0 Å². The Morgan fingerprint density at radius 3 is 2.68 bits per heavy atom. The van der Waals surface area contributed by atoms with Gasteiger partial charge in [-0.3, -0.25) is 4.90 Å². The minimum atomic E-state index is -0.646. The van der Waals surface area contributed by atoms with E-state index in [-0.39, 0.29) is 12.4 Å². The molecule has 0 radical (unpaired) electrons. The van der Waals surface area contributed by atoms with E-state index in [1.165, 1.54) is 23.5 Å². The number of thiophene rings is 1. The fraction of sp³-hybridized carbons (Fsp3) is 0.238. The normalized spacial score (nSPS) is 17.9. The molecule has 2 aromatic rings. The molecule has 31 heavy (non-hydrogen) atoms. The summed E-state index contributed by atoms with van der Waals surface area (Å²) >= 11 is 7.63. The number of hydrogen-bond donors (Lipinski definition) is 0. The van der Waals surface area contributed by atoms with Crippen LogP contribution < -0.4 is 5.01 Å². The molecule has 1 aromatic heterocycles. The average Bonchev–Trinajstić information content (AvgIpc) is 3.40. The lowest BCUT2D eigenvalue weighted by Gasteiger charge is -2.34. The van der Waals surface area contributed by atoms with E-state index in [2.05, 4.69) is 10.1 Å². The molecule has 0 unspecified atom stereocenters. The standard InChI is InChI=1S/C21H19ClN4O4S/c1-4-30-20(28)18-24-26(14-8-5-7-13(22)11-14)21-23-12(2)16(19(27)29-3)17(25(18)21)15-9-6-10-31-15/h5-11,17H,4H2,1-3H3/t17-/m1/s1. The third-order valence-electron chi connectivity index (χ3n) is 4.75. The first-order valence-electron chi connectivity index (χ1n) is 9.48. The van der Waals surface area contributed by atoms with Crippen molar-refractivity contribution in [2.75, 3.05) is 18.7 Å². The maximum atomic E-state index is 12.9. The van der Waals surface area contributed by atoms with Gasteiger partial charge < -0.3 is 9.47 Å². The van der Waals surface area contributed by atoms with Gasteiger partial charge in [0.15, 0.2) is 0 Å². The Balaban J connectivity index is 1.93. The number of carbonyl (C=O) groups excluding carboxylic acids is 2. The van der Waals surface area contributed by atoms with Crippen LogP contribution in [-0.4, -0.2) is 42.4 Å². The lowest BCUT2D eigenvalue weighted by atomic mass is 10.00. The molecule has 8 nitrogen and oxygen atoms in total. The number of rotatable bonds is 5. The number of esters is 2. The number of allylic oxidation sites excluding steroid dienone is 1. The number of guanidine groups is 1. The van der Waals surface area contributed by atoms with Gasteiger partial charge >= 0.3 is 11.9 Å². The van der Waals surface area contributed by atoms with Gasteiger partial charge in [0.1, 0.15) is 6.04 Å². The van der Waals surface area contributed by atoms with E-state index in [9.17, 15) is 9.59 Å². The van der Waals surface area contributed by atoms with E-state index in [1.807, 2.05) is 17.5 Å². The number of aliphatic imine (C=N–C) groups is 1. The van der Waals surface area contributed by atoms with Crippen molar-refractivity contribution in [3.05, 3.63) is 62.9 Å². The quantitative estimate of drug-likeness (QED) is 0.630. The zero-order chi connectivity index (χ0) is 22.1. The Morgan fingerprint density at radius 1 is 1.23 bits per heavy atom. The zero-order valence-corrected chi connectivity index (χ0v) is 18.6. The van der Waals surface area contributed by atoms with Crippen molar-refractivity contribution in [3.8, 4) is 0 Å². The summed E-state index contributed by atoms with van der Waals surface area (Å²) in [6, 6.07) is 10.2. The number of nitrogens with zero attached hydrogens (tertiary/aromatic N) is 4. The van der Waals surface area contributed by atoms with E-state index in [1.54, 1.807) is 43.0 Å². The summed E-state index contributed by atoms with van der Waals surface area (Å²) in [5.74, 6) is -0.755. The fourth-order valence-corrected chi connectivity index (χ4v) is 4.47. The second-order valence-corrected chi connectivity index (χ2v) is 8.04. The molecule has 1 aromatic carbocycles. The molecule has 0 bridgehead atoms. The van der Waals surface area contributed by atoms with Crippen molar-refractivity contribution in [1.82, 2.24) is 4.90 Å². The van der Waals surface area contributed by atoms with Gasteiger partial charge in [0.25, 0.3) is 0 Å². The molecule has 0 fully saturated rings. The van der Waals surface area contributed by atoms with Crippen LogP contribution in [0.4, 0.5) is 5.69 Å². The van der Waals surface area contributed by atoms with E-state index >= 15 is 0 Å². The lowest BCUT2D eigenvalue weighted by Crippen LogP contribution is -2.47. The van der Waals surface area contributed by atoms with Crippen LogP contribution in [0.2, 0.25) is 5.02 Å². The minimum Gasteiger partial charge on any atom is -0.466 e. The van der Waals surface area contributed by atoms with Crippen LogP contribution in [0.25, 0.3) is 0 Å². The van der Waals surface area contributed by atoms with Crippen LogP contribution in [0.1, 0.15) is 24.8 Å². The molecule has 0 N–H and O–H groups in total. The van der Waals surface area contributed by atoms with Crippen LogP contribution >= 0.6 is 22.9 Å². The van der Waals surface area contributed by atoms with Gasteiger partial charge in [0, 0.05) is 9.90 Å². The number of carbonyl (C=O) groups is 2. The highest BCUT2D eigenvalue weighted by atomic mass is 35.5. The number of amidine groups is 1. The molecule has 0 amide bonds. The summed E-state index contributed by atoms with van der Waals surface area (Å²) in [7, 11) is 1.32. The molecule has 2 aliphatic rings. The lowest BCUT2D eigenvalue weighted by molar-refractivity contribution is -0.138. The van der Waals surface area contributed by atoms with E-state index in [0.29, 0.717) is 27.9 Å². The number of benzene rings is 1. The number of halogens is 1. The Bertz CT molecular complexity index is 1130. The number of fused-ring (bicyclic) bond motifs is 1. The smallest absolute Gasteiger partial charge is 0.376 e. The third kappa shape index (κ3) is 3.70. The molecule has 10 heteroatoms. The summed E-state index contributed by atoms with van der Waals surface area (Å²) in [4.78, 5) is 32.6. The first-order chi connectivity index (χ1) is 15.0. The molecule has 3 heterocycles. The molecule has 2 aliphatic heterocycles. The Kier molecular flexibility index (Phi) is 5.79. The summed E-state index contributed by atoms with van der Waals surface area (Å²) in [6.07, 6.45) is 0. The van der Waals surface area contributed by atoms with Crippen LogP contribution in [0.5, 0.6) is 0 Å². The van der Waals surface area contributed by atoms with Gasteiger partial charge in [-0.05, 0) is 43.5 Å². The number of methoxy groups -OCH3 is 1. The second-order valence-electron chi connectivity index (χ2n) is 6.63. The third-order valence-corrected chi connectivity index (χ3v) is 5.91. The van der Waals surface area contributed by atoms with Crippen molar-refractivity contribution < 1.29 is 19.1 Å². The SMILES string of the molecule is CCOC(=O)C1=NN(c2cccc(Cl)c2)C2=NC(C)=C(C(=O)OC)[C@@H](c3cccs3)N12. The van der Waals surface area contributed by atoms with Crippen LogP contribution in [0.15, 0.2) is 63.1 Å². The Labute approximate surface area is 188 Å². The highest BCUT2D eigenvalue weighted by molar-refractivity contribution is 7.10. The molecule has 160 valence electrons. The molecule has 0 saturated heterocycles. The monoisotopic (exact) mass is 458 g/mol. The number of ether oxygens (including phenoxy) is 2. The van der Waals surface area contributed by atoms with Crippen LogP contribution in [0, 0.1) is 0 Å². The zero-order valence-electron chi connectivity index (χ0n) is 17.0. The van der Waals surface area contributed by atoms with Gasteiger partial charge in [-0.2, -0.15) is 5.01 Å². The number of anilines is 1. The maximum Gasteiger partial charge on any atom is 0.376 e. The molecule has 0 aliphatic carbocycles. The van der Waals surface area contributed by atoms with Crippen molar-refractivity contribution >= 4 is 52.4 Å². The van der Waals surface area contributed by atoms with E-state index in [0.717, 1.165) is 4.88 Å².